The first-order valence-electron chi connectivity index (χ1n) is 7.55. The summed E-state index contributed by atoms with van der Waals surface area (Å²) in [6, 6.07) is 8.35. The van der Waals surface area contributed by atoms with E-state index in [1.54, 1.807) is 19.9 Å². The Morgan fingerprint density at radius 1 is 1.20 bits per heavy atom. The van der Waals surface area contributed by atoms with Crippen LogP contribution in [0.3, 0.4) is 0 Å². The number of aryl methyl sites for hydroxylation is 2. The summed E-state index contributed by atoms with van der Waals surface area (Å²) in [5.74, 6) is -1.19. The smallest absolute Gasteiger partial charge is 0.338 e. The number of esters is 1. The Labute approximate surface area is 142 Å². The predicted molar refractivity (Wildman–Crippen MR) is 89.1 cm³/mol. The summed E-state index contributed by atoms with van der Waals surface area (Å²) in [4.78, 5) is 23.8. The highest BCUT2D eigenvalue weighted by Crippen LogP contribution is 2.27. The minimum atomic E-state index is -0.698. The largest absolute Gasteiger partial charge is 0.508 e. The molecule has 1 heterocycles. The van der Waals surface area contributed by atoms with Gasteiger partial charge >= 0.3 is 11.6 Å². The molecule has 0 saturated heterocycles. The van der Waals surface area contributed by atoms with Crippen LogP contribution in [0.25, 0.3) is 11.0 Å². The van der Waals surface area contributed by atoms with Gasteiger partial charge in [0.25, 0.3) is 0 Å². The Bertz CT molecular complexity index is 1040. The van der Waals surface area contributed by atoms with E-state index in [1.165, 1.54) is 24.3 Å². The maximum Gasteiger partial charge on any atom is 0.338 e. The van der Waals surface area contributed by atoms with E-state index >= 15 is 0 Å². The summed E-state index contributed by atoms with van der Waals surface area (Å²) in [6.07, 6.45) is 0. The fourth-order valence-electron chi connectivity index (χ4n) is 2.48. The van der Waals surface area contributed by atoms with Gasteiger partial charge in [-0.1, -0.05) is 6.07 Å². The zero-order chi connectivity index (χ0) is 18.1. The highest BCUT2D eigenvalue weighted by Gasteiger charge is 2.14. The first-order valence-corrected chi connectivity index (χ1v) is 7.55. The van der Waals surface area contributed by atoms with Gasteiger partial charge in [-0.05, 0) is 43.7 Å². The van der Waals surface area contributed by atoms with Crippen molar-refractivity contribution >= 4 is 16.9 Å². The number of hydrogen-bond donors (Lipinski definition) is 1. The van der Waals surface area contributed by atoms with Crippen molar-refractivity contribution in [1.82, 2.24) is 0 Å². The maximum atomic E-state index is 13.6. The van der Waals surface area contributed by atoms with Gasteiger partial charge in [0.2, 0.25) is 0 Å². The van der Waals surface area contributed by atoms with E-state index in [-0.39, 0.29) is 23.5 Å². The van der Waals surface area contributed by atoms with Crippen LogP contribution in [0, 0.1) is 19.7 Å². The standard InChI is InChI=1S/C19H15FO5/c1-10-3-4-12(7-15(10)20)19(23)24-9-13-8-17(22)25-18-11(2)16(21)6-5-14(13)18/h3-8,21H,9H2,1-2H3. The van der Waals surface area contributed by atoms with E-state index in [4.69, 9.17) is 9.15 Å². The molecule has 0 amide bonds. The van der Waals surface area contributed by atoms with Gasteiger partial charge in [0, 0.05) is 22.6 Å². The predicted octanol–water partition coefficient (Wildman–Crippen LogP) is 3.61. The van der Waals surface area contributed by atoms with Crippen molar-refractivity contribution in [2.45, 2.75) is 20.5 Å². The average molecular weight is 342 g/mol. The molecular weight excluding hydrogens is 327 g/mol. The lowest BCUT2D eigenvalue weighted by atomic mass is 10.1. The van der Waals surface area contributed by atoms with Crippen molar-refractivity contribution in [1.29, 1.82) is 0 Å². The number of hydrogen-bond acceptors (Lipinski definition) is 5. The highest BCUT2D eigenvalue weighted by atomic mass is 19.1. The average Bonchev–Trinajstić information content (AvgIpc) is 2.58. The summed E-state index contributed by atoms with van der Waals surface area (Å²) >= 11 is 0. The number of ether oxygens (including phenoxy) is 1. The summed E-state index contributed by atoms with van der Waals surface area (Å²) in [5.41, 5.74) is 0.995. The topological polar surface area (TPSA) is 76.7 Å². The number of phenols is 1. The Morgan fingerprint density at radius 2 is 1.96 bits per heavy atom. The molecule has 128 valence electrons. The third-order valence-electron chi connectivity index (χ3n) is 3.98. The Balaban J connectivity index is 1.90. The molecule has 25 heavy (non-hydrogen) atoms. The van der Waals surface area contributed by atoms with Crippen LogP contribution in [0.4, 0.5) is 4.39 Å². The van der Waals surface area contributed by atoms with E-state index in [9.17, 15) is 19.1 Å². The number of carbonyl (C=O) groups is 1. The van der Waals surface area contributed by atoms with Crippen molar-refractivity contribution in [3.63, 3.8) is 0 Å². The highest BCUT2D eigenvalue weighted by molar-refractivity contribution is 5.90. The van der Waals surface area contributed by atoms with Crippen LogP contribution in [0.5, 0.6) is 5.75 Å². The minimum Gasteiger partial charge on any atom is -0.508 e. The van der Waals surface area contributed by atoms with Crippen LogP contribution >= 0.6 is 0 Å². The molecule has 0 saturated carbocycles. The van der Waals surface area contributed by atoms with Gasteiger partial charge in [-0.2, -0.15) is 0 Å². The second kappa shape index (κ2) is 6.39. The number of rotatable bonds is 3. The molecule has 0 fully saturated rings. The number of aromatic hydroxyl groups is 1. The molecule has 1 N–H and O–H groups in total. The van der Waals surface area contributed by atoms with E-state index in [2.05, 4.69) is 0 Å². The zero-order valence-corrected chi connectivity index (χ0v) is 13.6. The van der Waals surface area contributed by atoms with E-state index < -0.39 is 17.4 Å². The molecule has 5 nitrogen and oxygen atoms in total. The van der Waals surface area contributed by atoms with Crippen LogP contribution in [0.1, 0.15) is 27.0 Å². The Kier molecular flexibility index (Phi) is 4.27. The van der Waals surface area contributed by atoms with Crippen molar-refractivity contribution in [3.05, 3.63) is 74.9 Å². The van der Waals surface area contributed by atoms with E-state index in [0.717, 1.165) is 6.07 Å². The van der Waals surface area contributed by atoms with Crippen LogP contribution < -0.4 is 5.63 Å². The Morgan fingerprint density at radius 3 is 2.68 bits per heavy atom. The summed E-state index contributed by atoms with van der Waals surface area (Å²) in [5, 5.41) is 10.3. The normalized spacial score (nSPS) is 10.8. The molecule has 0 bridgehead atoms. The van der Waals surface area contributed by atoms with Gasteiger partial charge in [0.1, 0.15) is 23.8 Å². The molecule has 0 spiro atoms. The molecule has 0 aliphatic rings. The maximum absolute atomic E-state index is 13.6. The number of carbonyl (C=O) groups excluding carboxylic acids is 1. The molecule has 6 heteroatoms. The lowest BCUT2D eigenvalue weighted by molar-refractivity contribution is 0.0473. The third-order valence-corrected chi connectivity index (χ3v) is 3.98. The molecule has 3 aromatic rings. The summed E-state index contributed by atoms with van der Waals surface area (Å²) < 4.78 is 23.9. The number of phenolic OH excluding ortho intramolecular Hbond substituents is 1. The number of fused-ring (bicyclic) bond motifs is 1. The second-order valence-corrected chi connectivity index (χ2v) is 5.72. The molecule has 0 aliphatic carbocycles. The summed E-state index contributed by atoms with van der Waals surface area (Å²) in [7, 11) is 0. The first kappa shape index (κ1) is 16.7. The van der Waals surface area contributed by atoms with E-state index in [0.29, 0.717) is 22.1 Å². The lowest BCUT2D eigenvalue weighted by Gasteiger charge is -2.09. The zero-order valence-electron chi connectivity index (χ0n) is 13.6. The summed E-state index contributed by atoms with van der Waals surface area (Å²) in [6.45, 7) is 3.03. The van der Waals surface area contributed by atoms with Gasteiger partial charge in [-0.15, -0.1) is 0 Å². The Hall–Kier alpha value is -3.15. The monoisotopic (exact) mass is 342 g/mol. The van der Waals surface area contributed by atoms with Crippen LogP contribution in [-0.4, -0.2) is 11.1 Å². The van der Waals surface area contributed by atoms with Gasteiger partial charge < -0.3 is 14.3 Å². The van der Waals surface area contributed by atoms with Crippen molar-refractivity contribution in [3.8, 4) is 5.75 Å². The molecule has 1 aromatic heterocycles. The van der Waals surface area contributed by atoms with Crippen molar-refractivity contribution in [2.24, 2.45) is 0 Å². The minimum absolute atomic E-state index is 0.0000691. The molecule has 0 radical (unpaired) electrons. The van der Waals surface area contributed by atoms with Crippen LogP contribution in [-0.2, 0) is 11.3 Å². The SMILES string of the molecule is Cc1ccc(C(=O)OCc2cc(=O)oc3c(C)c(O)ccc23)cc1F. The molecule has 0 atom stereocenters. The molecule has 2 aromatic carbocycles. The molecule has 3 rings (SSSR count). The van der Waals surface area contributed by atoms with Crippen LogP contribution in [0.15, 0.2) is 45.6 Å². The van der Waals surface area contributed by atoms with Crippen molar-refractivity contribution < 1.29 is 23.4 Å². The molecular formula is C19H15FO5. The number of halogens is 1. The van der Waals surface area contributed by atoms with Gasteiger partial charge in [0.05, 0.1) is 5.56 Å². The van der Waals surface area contributed by atoms with E-state index in [1.807, 2.05) is 0 Å². The second-order valence-electron chi connectivity index (χ2n) is 5.72. The van der Waals surface area contributed by atoms with Crippen molar-refractivity contribution in [2.75, 3.05) is 0 Å². The van der Waals surface area contributed by atoms with Crippen LogP contribution in [0.2, 0.25) is 0 Å². The fourth-order valence-corrected chi connectivity index (χ4v) is 2.48. The quantitative estimate of drug-likeness (QED) is 0.581. The number of benzene rings is 2. The van der Waals surface area contributed by atoms with Gasteiger partial charge in [-0.3, -0.25) is 0 Å². The molecule has 0 unspecified atom stereocenters. The fraction of sp³-hybridized carbons (Fsp3) is 0.158. The first-order chi connectivity index (χ1) is 11.9. The third kappa shape index (κ3) is 3.24. The molecule has 0 aliphatic heterocycles. The van der Waals surface area contributed by atoms with Gasteiger partial charge in [-0.25, -0.2) is 14.0 Å². The van der Waals surface area contributed by atoms with Gasteiger partial charge in [0.15, 0.2) is 0 Å². The lowest BCUT2D eigenvalue weighted by Crippen LogP contribution is -2.08.